The summed E-state index contributed by atoms with van der Waals surface area (Å²) >= 11 is 0.857. The lowest BCUT2D eigenvalue weighted by Crippen LogP contribution is -2.37. The number of benzene rings is 2. The smallest absolute Gasteiger partial charge is 0.348 e. The molecule has 0 bridgehead atoms. The van der Waals surface area contributed by atoms with Gasteiger partial charge in [-0.05, 0) is 44.0 Å². The summed E-state index contributed by atoms with van der Waals surface area (Å²) in [5.74, 6) is -3.42. The van der Waals surface area contributed by atoms with Gasteiger partial charge in [-0.15, -0.1) is 11.3 Å². The average Bonchev–Trinajstić information content (AvgIpc) is 3.55. The summed E-state index contributed by atoms with van der Waals surface area (Å²) < 4.78 is 10.1. The number of amides is 2. The number of aryl methyl sites for hydroxylation is 1. The number of rotatable bonds is 6. The monoisotopic (exact) mass is 534 g/mol. The van der Waals surface area contributed by atoms with E-state index in [-0.39, 0.29) is 27.6 Å². The summed E-state index contributed by atoms with van der Waals surface area (Å²) in [5.41, 5.74) is 2.82. The van der Waals surface area contributed by atoms with Crippen LogP contribution in [0.3, 0.4) is 0 Å². The van der Waals surface area contributed by atoms with Crippen molar-refractivity contribution in [2.24, 2.45) is 5.92 Å². The Morgan fingerprint density at radius 1 is 0.974 bits per heavy atom. The molecule has 0 saturated carbocycles. The van der Waals surface area contributed by atoms with E-state index in [4.69, 9.17) is 14.3 Å². The second-order valence-corrected chi connectivity index (χ2v) is 10.0. The predicted octanol–water partition coefficient (Wildman–Crippen LogP) is 4.38. The minimum Gasteiger partial charge on any atom is -0.465 e. The average molecular weight is 535 g/mol. The maximum atomic E-state index is 14.0. The number of ether oxygens (including phenoxy) is 2. The van der Waals surface area contributed by atoms with E-state index < -0.39 is 41.8 Å². The Balaban J connectivity index is 1.61. The van der Waals surface area contributed by atoms with Crippen LogP contribution >= 0.6 is 11.3 Å². The zero-order valence-electron chi connectivity index (χ0n) is 21.3. The highest BCUT2D eigenvalue weighted by atomic mass is 32.1. The third kappa shape index (κ3) is 4.06. The van der Waals surface area contributed by atoms with Crippen LogP contribution in [0.5, 0.6) is 0 Å². The molecule has 0 N–H and O–H groups in total. The summed E-state index contributed by atoms with van der Waals surface area (Å²) in [7, 11) is 1.20. The third-order valence-corrected chi connectivity index (χ3v) is 7.98. The quantitative estimate of drug-likeness (QED) is 0.339. The molecule has 2 aliphatic rings. The molecule has 196 valence electrons. The molecule has 5 rings (SSSR count). The van der Waals surface area contributed by atoms with Crippen molar-refractivity contribution in [2.75, 3.05) is 23.7 Å². The summed E-state index contributed by atoms with van der Waals surface area (Å²) in [6.45, 7) is 5.32. The Morgan fingerprint density at radius 3 is 2.29 bits per heavy atom. The number of carbonyl (C=O) groups is 4. The first kappa shape index (κ1) is 25.6. The minimum absolute atomic E-state index is 0.0194. The van der Waals surface area contributed by atoms with Crippen LogP contribution in [0.25, 0.3) is 0 Å². The maximum Gasteiger partial charge on any atom is 0.348 e. The molecule has 0 aliphatic carbocycles. The number of imide groups is 1. The molecule has 2 amide bonds. The van der Waals surface area contributed by atoms with Gasteiger partial charge >= 0.3 is 11.9 Å². The van der Waals surface area contributed by atoms with Crippen molar-refractivity contribution in [3.8, 4) is 0 Å². The predicted molar refractivity (Wildman–Crippen MR) is 140 cm³/mol. The molecule has 2 aromatic carbocycles. The lowest BCUT2D eigenvalue weighted by Gasteiger charge is -2.28. The lowest BCUT2D eigenvalue weighted by molar-refractivity contribution is -0.126. The van der Waals surface area contributed by atoms with E-state index in [2.05, 4.69) is 0 Å². The molecule has 1 aromatic heterocycles. The first-order chi connectivity index (χ1) is 18.3. The molecular formula is C28H26N2O7S. The maximum absolute atomic E-state index is 14.0. The zero-order valence-corrected chi connectivity index (χ0v) is 22.1. The van der Waals surface area contributed by atoms with Crippen LogP contribution in [0.1, 0.15) is 49.7 Å². The van der Waals surface area contributed by atoms with Crippen LogP contribution in [0.2, 0.25) is 0 Å². The molecule has 10 heteroatoms. The van der Waals surface area contributed by atoms with E-state index in [1.807, 2.05) is 61.5 Å². The second-order valence-electron chi connectivity index (χ2n) is 9.03. The van der Waals surface area contributed by atoms with Crippen LogP contribution in [0.4, 0.5) is 10.7 Å². The first-order valence-corrected chi connectivity index (χ1v) is 12.9. The molecule has 0 spiro atoms. The van der Waals surface area contributed by atoms with Gasteiger partial charge in [0.25, 0.3) is 5.91 Å². The molecule has 3 aromatic rings. The van der Waals surface area contributed by atoms with Crippen molar-refractivity contribution in [3.63, 3.8) is 0 Å². The van der Waals surface area contributed by atoms with E-state index in [1.54, 1.807) is 18.9 Å². The number of hydrogen-bond acceptors (Lipinski definition) is 9. The van der Waals surface area contributed by atoms with E-state index >= 15 is 0 Å². The van der Waals surface area contributed by atoms with Gasteiger partial charge in [-0.2, -0.15) is 0 Å². The van der Waals surface area contributed by atoms with Gasteiger partial charge in [0.05, 0.1) is 31.0 Å². The summed E-state index contributed by atoms with van der Waals surface area (Å²) in [6.07, 6.45) is -1.12. The van der Waals surface area contributed by atoms with Gasteiger partial charge < -0.3 is 9.47 Å². The van der Waals surface area contributed by atoms with Gasteiger partial charge in [0.1, 0.15) is 15.8 Å². The lowest BCUT2D eigenvalue weighted by atomic mass is 9.90. The van der Waals surface area contributed by atoms with E-state index in [1.165, 1.54) is 7.11 Å². The molecule has 3 atom stereocenters. The molecule has 2 aliphatic heterocycles. The van der Waals surface area contributed by atoms with E-state index in [0.717, 1.165) is 27.4 Å². The standard InChI is InChI=1S/C28H26N2O7S/c1-5-36-28(34)23-16(3)19(27(33)35-4)26(38-23)29-24(31)20-21(17-13-11-15(2)12-14-17)30(37-22(20)25(29)32)18-9-7-6-8-10-18/h6-14,20-22H,5H2,1-4H3/t20-,21+,22+/m0/s1. The van der Waals surface area contributed by atoms with Crippen molar-refractivity contribution in [1.29, 1.82) is 0 Å². The topological polar surface area (TPSA) is 102 Å². The van der Waals surface area contributed by atoms with Crippen molar-refractivity contribution >= 4 is 45.8 Å². The van der Waals surface area contributed by atoms with Gasteiger partial charge in [-0.25, -0.2) is 19.6 Å². The fourth-order valence-electron chi connectivity index (χ4n) is 4.91. The number of fused-ring (bicyclic) bond motifs is 1. The number of hydroxylamine groups is 1. The SMILES string of the molecule is CCOC(=O)c1sc(N2C(=O)[C@H]3[C@@H](c4ccc(C)cc4)N(c4ccccc4)O[C@H]3C2=O)c(C(=O)OC)c1C. The molecular weight excluding hydrogens is 508 g/mol. The Hall–Kier alpha value is -4.02. The number of thiophene rings is 1. The van der Waals surface area contributed by atoms with Crippen LogP contribution < -0.4 is 9.96 Å². The molecule has 9 nitrogen and oxygen atoms in total. The zero-order chi connectivity index (χ0) is 27.1. The second kappa shape index (κ2) is 10.0. The van der Waals surface area contributed by atoms with Crippen LogP contribution in [0.15, 0.2) is 54.6 Å². The summed E-state index contributed by atoms with van der Waals surface area (Å²) in [5, 5.41) is 1.64. The number of esters is 2. The highest BCUT2D eigenvalue weighted by Crippen LogP contribution is 2.49. The Morgan fingerprint density at radius 2 is 1.66 bits per heavy atom. The van der Waals surface area contributed by atoms with Crippen molar-refractivity contribution in [3.05, 3.63) is 81.7 Å². The van der Waals surface area contributed by atoms with E-state index in [0.29, 0.717) is 5.69 Å². The summed E-state index contributed by atoms with van der Waals surface area (Å²) in [6, 6.07) is 16.4. The minimum atomic E-state index is -1.12. The molecule has 38 heavy (non-hydrogen) atoms. The number of anilines is 2. The number of hydrogen-bond donors (Lipinski definition) is 0. The van der Waals surface area contributed by atoms with Crippen LogP contribution in [-0.2, 0) is 23.9 Å². The third-order valence-electron chi connectivity index (χ3n) is 6.73. The molecule has 2 fully saturated rings. The van der Waals surface area contributed by atoms with E-state index in [9.17, 15) is 19.2 Å². The van der Waals surface area contributed by atoms with Gasteiger partial charge in [0, 0.05) is 0 Å². The fourth-order valence-corrected chi connectivity index (χ4v) is 6.11. The van der Waals surface area contributed by atoms with Crippen molar-refractivity contribution in [1.82, 2.24) is 0 Å². The van der Waals surface area contributed by atoms with Crippen molar-refractivity contribution < 1.29 is 33.5 Å². The molecule has 0 unspecified atom stereocenters. The summed E-state index contributed by atoms with van der Waals surface area (Å²) in [4.78, 5) is 60.4. The number of para-hydroxylation sites is 1. The normalized spacial score (nSPS) is 20.6. The van der Waals surface area contributed by atoms with Gasteiger partial charge in [0.2, 0.25) is 5.91 Å². The largest absolute Gasteiger partial charge is 0.465 e. The highest BCUT2D eigenvalue weighted by Gasteiger charge is 2.61. The van der Waals surface area contributed by atoms with Crippen molar-refractivity contribution in [2.45, 2.75) is 32.9 Å². The van der Waals surface area contributed by atoms with Gasteiger partial charge in [0.15, 0.2) is 6.10 Å². The Bertz CT molecular complexity index is 1420. The molecule has 0 radical (unpaired) electrons. The van der Waals surface area contributed by atoms with Crippen LogP contribution in [0, 0.1) is 19.8 Å². The number of methoxy groups -OCH3 is 1. The number of carbonyl (C=O) groups excluding carboxylic acids is 4. The first-order valence-electron chi connectivity index (χ1n) is 12.1. The molecule has 2 saturated heterocycles. The fraction of sp³-hybridized carbons (Fsp3) is 0.286. The molecule has 3 heterocycles. The van der Waals surface area contributed by atoms with Gasteiger partial charge in [-0.1, -0.05) is 48.0 Å². The Labute approximate surface area is 223 Å². The number of nitrogens with zero attached hydrogens (tertiary/aromatic N) is 2. The Kier molecular flexibility index (Phi) is 6.77. The van der Waals surface area contributed by atoms with Gasteiger partial charge in [-0.3, -0.25) is 14.4 Å². The van der Waals surface area contributed by atoms with Crippen LogP contribution in [-0.4, -0.2) is 43.6 Å². The highest BCUT2D eigenvalue weighted by molar-refractivity contribution is 7.19.